The summed E-state index contributed by atoms with van der Waals surface area (Å²) in [7, 11) is 0. The van der Waals surface area contributed by atoms with Crippen molar-refractivity contribution >= 4 is 17.1 Å². The molecule has 0 spiro atoms. The van der Waals surface area contributed by atoms with Crippen LogP contribution in [0.4, 0.5) is 4.79 Å². The van der Waals surface area contributed by atoms with E-state index >= 15 is 0 Å². The number of amides is 1. The number of nitrogens with one attached hydrogen (secondary N) is 2. The summed E-state index contributed by atoms with van der Waals surface area (Å²) in [6.45, 7) is 2.11. The van der Waals surface area contributed by atoms with Crippen molar-refractivity contribution in [1.82, 2.24) is 15.3 Å². The lowest BCUT2D eigenvalue weighted by atomic mass is 10.2. The quantitative estimate of drug-likeness (QED) is 0.773. The number of carbonyl (C=O) groups excluding carboxylic acids is 1. The number of nitrogens with zero attached hydrogens (tertiary/aromatic N) is 1. The first-order valence-corrected chi connectivity index (χ1v) is 7.14. The molecule has 0 bridgehead atoms. The van der Waals surface area contributed by atoms with Crippen LogP contribution in [-0.2, 0) is 11.3 Å². The van der Waals surface area contributed by atoms with Gasteiger partial charge in [-0.2, -0.15) is 0 Å². The number of carbonyl (C=O) groups is 1. The van der Waals surface area contributed by atoms with Gasteiger partial charge >= 0.3 is 6.09 Å². The van der Waals surface area contributed by atoms with Gasteiger partial charge in [0.25, 0.3) is 0 Å². The fourth-order valence-electron chi connectivity index (χ4n) is 2.19. The van der Waals surface area contributed by atoms with Crippen molar-refractivity contribution in [3.05, 3.63) is 66.0 Å². The first-order chi connectivity index (χ1) is 10.7. The van der Waals surface area contributed by atoms with Crippen LogP contribution in [-0.4, -0.2) is 16.1 Å². The molecule has 1 atom stereocenters. The van der Waals surface area contributed by atoms with Crippen LogP contribution >= 0.6 is 0 Å². The minimum Gasteiger partial charge on any atom is -0.445 e. The zero-order chi connectivity index (χ0) is 15.4. The molecule has 1 heterocycles. The van der Waals surface area contributed by atoms with Crippen molar-refractivity contribution in [3.63, 3.8) is 0 Å². The number of aromatic nitrogens is 2. The number of alkyl carbamates (subject to hydrolysis) is 1. The van der Waals surface area contributed by atoms with Crippen molar-refractivity contribution in [2.24, 2.45) is 0 Å². The number of imidazole rings is 1. The summed E-state index contributed by atoms with van der Waals surface area (Å²) in [6.07, 6.45) is -0.461. The van der Waals surface area contributed by atoms with Crippen molar-refractivity contribution in [1.29, 1.82) is 0 Å². The van der Waals surface area contributed by atoms with Crippen molar-refractivity contribution < 1.29 is 9.53 Å². The Labute approximate surface area is 128 Å². The summed E-state index contributed by atoms with van der Waals surface area (Å²) in [6, 6.07) is 17.1. The van der Waals surface area contributed by atoms with Crippen molar-refractivity contribution in [3.8, 4) is 0 Å². The molecule has 0 aliphatic heterocycles. The fraction of sp³-hybridized carbons (Fsp3) is 0.176. The minimum atomic E-state index is -0.461. The number of fused-ring (bicyclic) bond motifs is 1. The number of H-pyrrole nitrogens is 1. The Morgan fingerprint density at radius 2 is 1.91 bits per heavy atom. The summed E-state index contributed by atoms with van der Waals surface area (Å²) in [4.78, 5) is 19.5. The van der Waals surface area contributed by atoms with Gasteiger partial charge < -0.3 is 15.0 Å². The molecule has 3 aromatic rings. The third-order valence-corrected chi connectivity index (χ3v) is 3.36. The second kappa shape index (κ2) is 6.30. The van der Waals surface area contributed by atoms with Gasteiger partial charge in [0.15, 0.2) is 0 Å². The number of hydrogen-bond acceptors (Lipinski definition) is 3. The maximum Gasteiger partial charge on any atom is 0.408 e. The van der Waals surface area contributed by atoms with Crippen molar-refractivity contribution in [2.45, 2.75) is 19.6 Å². The predicted octanol–water partition coefficient (Wildman–Crippen LogP) is 3.55. The number of para-hydroxylation sites is 2. The molecule has 2 aromatic carbocycles. The first-order valence-electron chi connectivity index (χ1n) is 7.14. The third kappa shape index (κ3) is 3.25. The van der Waals surface area contributed by atoms with E-state index in [1.54, 1.807) is 0 Å². The Morgan fingerprint density at radius 1 is 1.18 bits per heavy atom. The highest BCUT2D eigenvalue weighted by Crippen LogP contribution is 2.15. The van der Waals surface area contributed by atoms with Gasteiger partial charge in [-0.1, -0.05) is 42.5 Å². The van der Waals surface area contributed by atoms with E-state index in [1.165, 1.54) is 0 Å². The van der Waals surface area contributed by atoms with Gasteiger partial charge in [0.05, 0.1) is 17.1 Å². The molecule has 0 fully saturated rings. The molecular formula is C17H17N3O2. The van der Waals surface area contributed by atoms with Gasteiger partial charge in [-0.3, -0.25) is 0 Å². The topological polar surface area (TPSA) is 67.0 Å². The van der Waals surface area contributed by atoms with E-state index < -0.39 is 6.09 Å². The van der Waals surface area contributed by atoms with E-state index in [9.17, 15) is 4.79 Å². The highest BCUT2D eigenvalue weighted by atomic mass is 16.5. The molecule has 2 N–H and O–H groups in total. The zero-order valence-corrected chi connectivity index (χ0v) is 12.2. The second-order valence-corrected chi connectivity index (χ2v) is 5.07. The van der Waals surface area contributed by atoms with Gasteiger partial charge in [0.1, 0.15) is 12.4 Å². The maximum absolute atomic E-state index is 11.8. The van der Waals surface area contributed by atoms with E-state index in [1.807, 2.05) is 61.5 Å². The molecule has 3 rings (SSSR count). The molecule has 5 nitrogen and oxygen atoms in total. The molecular weight excluding hydrogens is 278 g/mol. The van der Waals surface area contributed by atoms with Crippen LogP contribution in [0.2, 0.25) is 0 Å². The molecule has 0 aliphatic carbocycles. The monoisotopic (exact) mass is 295 g/mol. The molecule has 0 saturated carbocycles. The molecule has 0 aliphatic rings. The standard InChI is InChI=1S/C17H17N3O2/c1-12(16-19-14-9-5-6-10-15(14)20-16)18-17(21)22-11-13-7-3-2-4-8-13/h2-10,12H,11H2,1H3,(H,18,21)(H,19,20)/t12-/m1/s1. The molecule has 5 heteroatoms. The van der Waals surface area contributed by atoms with Crippen LogP contribution in [0.5, 0.6) is 0 Å². The maximum atomic E-state index is 11.8. The zero-order valence-electron chi connectivity index (χ0n) is 12.2. The lowest BCUT2D eigenvalue weighted by Crippen LogP contribution is -2.27. The number of aromatic amines is 1. The lowest BCUT2D eigenvalue weighted by Gasteiger charge is -2.11. The molecule has 0 saturated heterocycles. The van der Waals surface area contributed by atoms with E-state index in [0.29, 0.717) is 5.82 Å². The average Bonchev–Trinajstić information content (AvgIpc) is 2.98. The second-order valence-electron chi connectivity index (χ2n) is 5.07. The normalized spacial score (nSPS) is 12.0. The van der Waals surface area contributed by atoms with Crippen LogP contribution in [0.25, 0.3) is 11.0 Å². The minimum absolute atomic E-state index is 0.250. The smallest absolute Gasteiger partial charge is 0.408 e. The van der Waals surface area contributed by atoms with Crippen LogP contribution in [0.1, 0.15) is 24.4 Å². The summed E-state index contributed by atoms with van der Waals surface area (Å²) in [5.41, 5.74) is 2.78. The van der Waals surface area contributed by atoms with Gasteiger partial charge in [-0.15, -0.1) is 0 Å². The SMILES string of the molecule is C[C@@H](NC(=O)OCc1ccccc1)c1nc2ccccc2[nH]1. The summed E-state index contributed by atoms with van der Waals surface area (Å²) < 4.78 is 5.20. The van der Waals surface area contributed by atoms with Crippen LogP contribution in [0.15, 0.2) is 54.6 Å². The van der Waals surface area contributed by atoms with Gasteiger partial charge in [-0.25, -0.2) is 9.78 Å². The third-order valence-electron chi connectivity index (χ3n) is 3.36. The average molecular weight is 295 g/mol. The molecule has 0 unspecified atom stereocenters. The number of ether oxygens (including phenoxy) is 1. The molecule has 22 heavy (non-hydrogen) atoms. The van der Waals surface area contributed by atoms with E-state index in [-0.39, 0.29) is 12.6 Å². The lowest BCUT2D eigenvalue weighted by molar-refractivity contribution is 0.136. The van der Waals surface area contributed by atoms with Gasteiger partial charge in [0, 0.05) is 0 Å². The molecule has 1 amide bonds. The van der Waals surface area contributed by atoms with Crippen LogP contribution < -0.4 is 5.32 Å². The van der Waals surface area contributed by atoms with Crippen LogP contribution in [0, 0.1) is 0 Å². The van der Waals surface area contributed by atoms with Gasteiger partial charge in [-0.05, 0) is 24.6 Å². The largest absolute Gasteiger partial charge is 0.445 e. The highest BCUT2D eigenvalue weighted by molar-refractivity contribution is 5.75. The molecule has 1 aromatic heterocycles. The summed E-state index contributed by atoms with van der Waals surface area (Å²) >= 11 is 0. The van der Waals surface area contributed by atoms with Crippen molar-refractivity contribution in [2.75, 3.05) is 0 Å². The fourth-order valence-corrected chi connectivity index (χ4v) is 2.19. The Kier molecular flexibility index (Phi) is 4.05. The summed E-state index contributed by atoms with van der Waals surface area (Å²) in [5, 5.41) is 2.77. The Hall–Kier alpha value is -2.82. The highest BCUT2D eigenvalue weighted by Gasteiger charge is 2.14. The van der Waals surface area contributed by atoms with E-state index in [2.05, 4.69) is 15.3 Å². The Balaban J connectivity index is 1.58. The number of benzene rings is 2. The first kappa shape index (κ1) is 14.1. The molecule has 112 valence electrons. The van der Waals surface area contributed by atoms with Gasteiger partial charge in [0.2, 0.25) is 0 Å². The van der Waals surface area contributed by atoms with Crippen LogP contribution in [0.3, 0.4) is 0 Å². The Bertz CT molecular complexity index is 735. The molecule has 0 radical (unpaired) electrons. The summed E-state index contributed by atoms with van der Waals surface area (Å²) in [5.74, 6) is 0.706. The number of hydrogen-bond donors (Lipinski definition) is 2. The van der Waals surface area contributed by atoms with E-state index in [4.69, 9.17) is 4.74 Å². The Morgan fingerprint density at radius 3 is 2.68 bits per heavy atom. The van der Waals surface area contributed by atoms with E-state index in [0.717, 1.165) is 16.6 Å². The predicted molar refractivity (Wildman–Crippen MR) is 84.3 cm³/mol. The number of rotatable bonds is 4.